The Morgan fingerprint density at radius 2 is 2.11 bits per heavy atom. The van der Waals surface area contributed by atoms with E-state index in [-0.39, 0.29) is 18.6 Å². The molecule has 1 fully saturated rings. The topological polar surface area (TPSA) is 72.9 Å². The van der Waals surface area contributed by atoms with E-state index in [9.17, 15) is 9.59 Å². The lowest BCUT2D eigenvalue weighted by Crippen LogP contribution is -2.42. The van der Waals surface area contributed by atoms with Crippen molar-refractivity contribution in [3.63, 3.8) is 0 Å². The van der Waals surface area contributed by atoms with Gasteiger partial charge in [-0.15, -0.1) is 11.3 Å². The first-order chi connectivity index (χ1) is 13.0. The van der Waals surface area contributed by atoms with Gasteiger partial charge < -0.3 is 15.3 Å². The maximum Gasteiger partial charge on any atom is 0.317 e. The highest BCUT2D eigenvalue weighted by atomic mass is 32.1. The molecular formula is C20H27N3O3S. The summed E-state index contributed by atoms with van der Waals surface area (Å²) in [5.74, 6) is -0.808. The summed E-state index contributed by atoms with van der Waals surface area (Å²) in [6, 6.07) is 10.7. The number of carboxylic acids is 1. The van der Waals surface area contributed by atoms with Crippen molar-refractivity contribution in [2.45, 2.75) is 31.7 Å². The molecule has 27 heavy (non-hydrogen) atoms. The molecule has 0 aliphatic carbocycles. The van der Waals surface area contributed by atoms with Gasteiger partial charge in [0.1, 0.15) is 0 Å². The Hall–Kier alpha value is -2.12. The molecule has 2 N–H and O–H groups in total. The van der Waals surface area contributed by atoms with Crippen LogP contribution >= 0.6 is 11.3 Å². The van der Waals surface area contributed by atoms with Crippen molar-refractivity contribution >= 4 is 33.4 Å². The number of carbonyl (C=O) groups is 2. The monoisotopic (exact) mass is 389 g/mol. The number of amides is 2. The molecule has 0 radical (unpaired) electrons. The van der Waals surface area contributed by atoms with Crippen LogP contribution in [0.4, 0.5) is 4.79 Å². The van der Waals surface area contributed by atoms with Crippen molar-refractivity contribution in [2.75, 3.05) is 33.2 Å². The summed E-state index contributed by atoms with van der Waals surface area (Å²) in [4.78, 5) is 28.4. The number of hydrogen-bond donors (Lipinski definition) is 2. The van der Waals surface area contributed by atoms with E-state index in [0.717, 1.165) is 32.2 Å². The molecule has 1 aliphatic heterocycles. The first-order valence-electron chi connectivity index (χ1n) is 9.45. The zero-order valence-corrected chi connectivity index (χ0v) is 16.5. The van der Waals surface area contributed by atoms with Crippen LogP contribution in [0, 0.1) is 0 Å². The minimum absolute atomic E-state index is 0.0161. The van der Waals surface area contributed by atoms with Crippen LogP contribution in [0.2, 0.25) is 0 Å². The molecule has 1 aromatic carbocycles. The fourth-order valence-electron chi connectivity index (χ4n) is 3.63. The molecule has 1 unspecified atom stereocenters. The summed E-state index contributed by atoms with van der Waals surface area (Å²) in [5.41, 5.74) is 0. The lowest BCUT2D eigenvalue weighted by molar-refractivity contribution is -0.138. The molecule has 2 aromatic rings. The minimum atomic E-state index is -0.808. The summed E-state index contributed by atoms with van der Waals surface area (Å²) in [6.07, 6.45) is 3.48. The van der Waals surface area contributed by atoms with Crippen LogP contribution in [0.3, 0.4) is 0 Å². The molecule has 1 aromatic heterocycles. The number of thiophene rings is 1. The van der Waals surface area contributed by atoms with E-state index in [1.165, 1.54) is 15.0 Å². The number of likely N-dealkylation sites (tertiary alicyclic amines) is 1. The highest BCUT2D eigenvalue weighted by Crippen LogP contribution is 2.25. The number of rotatable bonds is 6. The van der Waals surface area contributed by atoms with E-state index in [1.54, 1.807) is 11.3 Å². The van der Waals surface area contributed by atoms with Gasteiger partial charge in [-0.3, -0.25) is 9.69 Å². The van der Waals surface area contributed by atoms with Crippen molar-refractivity contribution in [2.24, 2.45) is 0 Å². The second-order valence-corrected chi connectivity index (χ2v) is 8.28. The molecule has 0 saturated carbocycles. The zero-order valence-electron chi connectivity index (χ0n) is 15.7. The van der Waals surface area contributed by atoms with Crippen LogP contribution in [0.25, 0.3) is 10.1 Å². The third-order valence-electron chi connectivity index (χ3n) is 5.12. The molecule has 0 spiro atoms. The quantitative estimate of drug-likeness (QED) is 0.797. The fourth-order valence-corrected chi connectivity index (χ4v) is 4.69. The second kappa shape index (κ2) is 9.19. The number of hydrogen-bond acceptors (Lipinski definition) is 4. The van der Waals surface area contributed by atoms with Gasteiger partial charge in [-0.05, 0) is 50.2 Å². The van der Waals surface area contributed by atoms with E-state index >= 15 is 0 Å². The summed E-state index contributed by atoms with van der Waals surface area (Å²) < 4.78 is 1.28. The Bertz CT molecular complexity index is 759. The molecule has 1 atom stereocenters. The largest absolute Gasteiger partial charge is 0.480 e. The molecule has 1 saturated heterocycles. The highest BCUT2D eigenvalue weighted by molar-refractivity contribution is 7.19. The van der Waals surface area contributed by atoms with Gasteiger partial charge in [-0.1, -0.05) is 18.2 Å². The smallest absolute Gasteiger partial charge is 0.317 e. The predicted octanol–water partition coefficient (Wildman–Crippen LogP) is 3.02. The fraction of sp³-hybridized carbons (Fsp3) is 0.500. The molecule has 7 heteroatoms. The molecule has 1 aliphatic rings. The number of fused-ring (bicyclic) bond motifs is 1. The first-order valence-corrected chi connectivity index (χ1v) is 10.3. The van der Waals surface area contributed by atoms with Gasteiger partial charge in [0.2, 0.25) is 0 Å². The van der Waals surface area contributed by atoms with Crippen molar-refractivity contribution < 1.29 is 14.7 Å². The number of carboxylic acid groups (broad SMARTS) is 1. The number of carbonyl (C=O) groups excluding carboxylic acids is 1. The Balaban J connectivity index is 1.44. The van der Waals surface area contributed by atoms with Crippen LogP contribution in [0.15, 0.2) is 30.3 Å². The van der Waals surface area contributed by atoms with Crippen LogP contribution in [0.1, 0.15) is 24.1 Å². The predicted molar refractivity (Wildman–Crippen MR) is 108 cm³/mol. The van der Waals surface area contributed by atoms with Gasteiger partial charge in [0.15, 0.2) is 0 Å². The summed E-state index contributed by atoms with van der Waals surface area (Å²) in [6.45, 7) is 2.08. The van der Waals surface area contributed by atoms with Gasteiger partial charge in [0, 0.05) is 35.3 Å². The van der Waals surface area contributed by atoms with Gasteiger partial charge in [0.05, 0.1) is 6.54 Å². The number of nitrogens with zero attached hydrogens (tertiary/aromatic N) is 2. The third kappa shape index (κ3) is 5.43. The molecule has 3 rings (SSSR count). The van der Waals surface area contributed by atoms with E-state index < -0.39 is 5.97 Å². The van der Waals surface area contributed by atoms with E-state index in [0.29, 0.717) is 13.1 Å². The minimum Gasteiger partial charge on any atom is -0.480 e. The molecule has 0 bridgehead atoms. The Morgan fingerprint density at radius 3 is 2.89 bits per heavy atom. The van der Waals surface area contributed by atoms with Gasteiger partial charge in [-0.2, -0.15) is 0 Å². The van der Waals surface area contributed by atoms with Crippen LogP contribution < -0.4 is 5.32 Å². The Kier molecular flexibility index (Phi) is 6.68. The van der Waals surface area contributed by atoms with Crippen molar-refractivity contribution in [1.82, 2.24) is 15.1 Å². The standard InChI is InChI=1S/C20H27N3O3S/c1-22(14-19(24)25)16-6-4-11-23(12-9-16)20(26)21-10-8-17-13-15-5-2-3-7-18(15)27-17/h2-3,5,7,13,16H,4,6,8-12,14H2,1H3,(H,21,26)(H,24,25). The summed E-state index contributed by atoms with van der Waals surface area (Å²) in [7, 11) is 1.85. The Morgan fingerprint density at radius 1 is 1.30 bits per heavy atom. The van der Waals surface area contributed by atoms with Crippen LogP contribution in [-0.4, -0.2) is 66.2 Å². The molecule has 146 valence electrons. The number of nitrogens with one attached hydrogen (secondary N) is 1. The average molecular weight is 390 g/mol. The van der Waals surface area contributed by atoms with Gasteiger partial charge in [-0.25, -0.2) is 4.79 Å². The van der Waals surface area contributed by atoms with Crippen molar-refractivity contribution in [3.8, 4) is 0 Å². The number of urea groups is 1. The SMILES string of the molecule is CN(CC(=O)O)C1CCCN(C(=O)NCCc2cc3ccccc3s2)CC1. The van der Waals surface area contributed by atoms with Crippen molar-refractivity contribution in [3.05, 3.63) is 35.2 Å². The first kappa shape index (κ1) is 19.6. The van der Waals surface area contributed by atoms with E-state index in [2.05, 4.69) is 23.5 Å². The van der Waals surface area contributed by atoms with Gasteiger partial charge in [0.25, 0.3) is 0 Å². The normalized spacial score (nSPS) is 17.9. The van der Waals surface area contributed by atoms with E-state index in [4.69, 9.17) is 5.11 Å². The average Bonchev–Trinajstić information content (AvgIpc) is 2.87. The maximum atomic E-state index is 12.5. The number of likely N-dealkylation sites (N-methyl/N-ethyl adjacent to an activating group) is 1. The molecule has 2 heterocycles. The third-order valence-corrected chi connectivity index (χ3v) is 6.29. The number of aliphatic carboxylic acids is 1. The van der Waals surface area contributed by atoms with Crippen molar-refractivity contribution in [1.29, 1.82) is 0 Å². The summed E-state index contributed by atoms with van der Waals surface area (Å²) >= 11 is 1.78. The lowest BCUT2D eigenvalue weighted by atomic mass is 10.1. The second-order valence-electron chi connectivity index (χ2n) is 7.11. The molecule has 6 nitrogen and oxygen atoms in total. The Labute approximate surface area is 163 Å². The lowest BCUT2D eigenvalue weighted by Gasteiger charge is -2.25. The maximum absolute atomic E-state index is 12.5. The zero-order chi connectivity index (χ0) is 19.2. The molecular weight excluding hydrogens is 362 g/mol. The number of benzene rings is 1. The van der Waals surface area contributed by atoms with E-state index in [1.807, 2.05) is 29.0 Å². The van der Waals surface area contributed by atoms with Crippen LogP contribution in [0.5, 0.6) is 0 Å². The van der Waals surface area contributed by atoms with Gasteiger partial charge >= 0.3 is 12.0 Å². The summed E-state index contributed by atoms with van der Waals surface area (Å²) in [5, 5.41) is 13.2. The highest BCUT2D eigenvalue weighted by Gasteiger charge is 2.23. The molecule has 2 amide bonds. The van der Waals surface area contributed by atoms with Crippen LogP contribution in [-0.2, 0) is 11.2 Å².